The molecule has 40 heavy (non-hydrogen) atoms. The Morgan fingerprint density at radius 2 is 1.82 bits per heavy atom. The second kappa shape index (κ2) is 11.5. The van der Waals surface area contributed by atoms with Crippen LogP contribution in [0.3, 0.4) is 0 Å². The highest BCUT2D eigenvalue weighted by Crippen LogP contribution is 2.42. The number of amides is 1. The molecule has 2 aromatic rings. The molecule has 1 atom stereocenters. The average Bonchev–Trinajstić information content (AvgIpc) is 3.35. The number of carbonyl (C=O) groups is 1. The summed E-state index contributed by atoms with van der Waals surface area (Å²) in [5.41, 5.74) is 1.67. The van der Waals surface area contributed by atoms with Crippen LogP contribution in [0.1, 0.15) is 47.8 Å². The van der Waals surface area contributed by atoms with Gasteiger partial charge in [-0.25, -0.2) is 12.8 Å². The first-order valence-corrected chi connectivity index (χ1v) is 16.0. The van der Waals surface area contributed by atoms with Crippen molar-refractivity contribution in [1.29, 1.82) is 0 Å². The Balaban J connectivity index is 1.30. The largest absolute Gasteiger partial charge is 0.381 e. The second-order valence-electron chi connectivity index (χ2n) is 11.3. The first kappa shape index (κ1) is 27.8. The first-order valence-electron chi connectivity index (χ1n) is 14.3. The van der Waals surface area contributed by atoms with E-state index in [2.05, 4.69) is 9.80 Å². The van der Waals surface area contributed by atoms with Gasteiger partial charge in [0.1, 0.15) is 5.82 Å². The molecule has 12 heteroatoms. The van der Waals surface area contributed by atoms with E-state index in [-0.39, 0.29) is 28.3 Å². The van der Waals surface area contributed by atoms with E-state index in [1.54, 1.807) is 12.0 Å². The fourth-order valence-corrected chi connectivity index (χ4v) is 8.15. The number of hydrogen-bond donors (Lipinski definition) is 0. The third-order valence-electron chi connectivity index (χ3n) is 8.80. The number of nitrogens with zero attached hydrogens (tertiary/aromatic N) is 5. The smallest absolute Gasteiger partial charge is 0.274 e. The van der Waals surface area contributed by atoms with Crippen LogP contribution in [-0.2, 0) is 25.1 Å². The molecule has 3 saturated heterocycles. The van der Waals surface area contributed by atoms with Crippen molar-refractivity contribution in [2.75, 3.05) is 72.7 Å². The minimum Gasteiger partial charge on any atom is -0.381 e. The molecule has 1 amide bonds. The predicted molar refractivity (Wildman–Crippen MR) is 146 cm³/mol. The molecule has 1 aromatic heterocycles. The number of morpholine rings is 1. The topological polar surface area (TPSA) is 97.2 Å². The van der Waals surface area contributed by atoms with Gasteiger partial charge in [-0.15, -0.1) is 0 Å². The number of fused-ring (bicyclic) bond motifs is 3. The fourth-order valence-electron chi connectivity index (χ4n) is 6.55. The van der Waals surface area contributed by atoms with E-state index < -0.39 is 15.7 Å². The molecule has 0 saturated carbocycles. The van der Waals surface area contributed by atoms with Gasteiger partial charge in [0.25, 0.3) is 5.91 Å². The monoisotopic (exact) mass is 575 g/mol. The van der Waals surface area contributed by atoms with Crippen LogP contribution >= 0.6 is 0 Å². The quantitative estimate of drug-likeness (QED) is 0.517. The number of likely N-dealkylation sites (tertiary alicyclic amines) is 2. The Bertz CT molecular complexity index is 1350. The van der Waals surface area contributed by atoms with Gasteiger partial charge in [-0.3, -0.25) is 14.4 Å². The summed E-state index contributed by atoms with van der Waals surface area (Å²) in [6.07, 6.45) is 4.32. The molecular formula is C28H38FN5O5S. The van der Waals surface area contributed by atoms with Crippen LogP contribution < -0.4 is 0 Å². The SMILES string of the molecule is COC1CCN(CCN2CCCC(n3nc(C(=O)N4CCOCC4)c4c3-c3ccc(F)cc3S(=O)(=O)C4)C2)CC1. The lowest BCUT2D eigenvalue weighted by atomic mass is 10.0. The number of methoxy groups -OCH3 is 1. The molecule has 6 rings (SSSR count). The third kappa shape index (κ3) is 5.44. The third-order valence-corrected chi connectivity index (χ3v) is 10.5. The van der Waals surface area contributed by atoms with Gasteiger partial charge in [0.2, 0.25) is 0 Å². The maximum Gasteiger partial charge on any atom is 0.274 e. The molecule has 0 spiro atoms. The average molecular weight is 576 g/mol. The molecule has 218 valence electrons. The number of benzene rings is 1. The Hall–Kier alpha value is -2.38. The summed E-state index contributed by atoms with van der Waals surface area (Å²) in [5.74, 6) is -1.23. The minimum atomic E-state index is -3.83. The summed E-state index contributed by atoms with van der Waals surface area (Å²) in [6.45, 7) is 7.51. The lowest BCUT2D eigenvalue weighted by Crippen LogP contribution is -2.44. The molecule has 5 heterocycles. The number of sulfone groups is 1. The molecular weight excluding hydrogens is 537 g/mol. The fraction of sp³-hybridized carbons (Fsp3) is 0.643. The van der Waals surface area contributed by atoms with Gasteiger partial charge in [-0.2, -0.15) is 5.10 Å². The van der Waals surface area contributed by atoms with Gasteiger partial charge in [0.05, 0.1) is 41.7 Å². The molecule has 0 radical (unpaired) electrons. The molecule has 1 unspecified atom stereocenters. The van der Waals surface area contributed by atoms with Crippen molar-refractivity contribution in [2.45, 2.75) is 48.5 Å². The number of aromatic nitrogens is 2. The minimum absolute atomic E-state index is 0.0216. The van der Waals surface area contributed by atoms with Crippen molar-refractivity contribution < 1.29 is 27.1 Å². The van der Waals surface area contributed by atoms with E-state index in [1.807, 2.05) is 4.68 Å². The van der Waals surface area contributed by atoms with Gasteiger partial charge < -0.3 is 19.3 Å². The van der Waals surface area contributed by atoms with E-state index in [0.717, 1.165) is 71.0 Å². The molecule has 0 bridgehead atoms. The zero-order chi connectivity index (χ0) is 27.9. The van der Waals surface area contributed by atoms with E-state index in [9.17, 15) is 17.6 Å². The summed E-state index contributed by atoms with van der Waals surface area (Å²) in [4.78, 5) is 20.2. The molecule has 0 N–H and O–H groups in total. The van der Waals surface area contributed by atoms with Crippen LogP contribution in [0.4, 0.5) is 4.39 Å². The van der Waals surface area contributed by atoms with E-state index in [1.165, 1.54) is 12.1 Å². The van der Waals surface area contributed by atoms with Gasteiger partial charge >= 0.3 is 0 Å². The van der Waals surface area contributed by atoms with Crippen molar-refractivity contribution in [1.82, 2.24) is 24.5 Å². The number of halogens is 1. The van der Waals surface area contributed by atoms with Crippen molar-refractivity contribution in [3.8, 4) is 11.3 Å². The normalized spacial score (nSPS) is 24.1. The van der Waals surface area contributed by atoms with Gasteiger partial charge in [-0.1, -0.05) is 0 Å². The summed E-state index contributed by atoms with van der Waals surface area (Å²) in [5, 5.41) is 4.86. The van der Waals surface area contributed by atoms with Crippen LogP contribution in [0, 0.1) is 5.82 Å². The lowest BCUT2D eigenvalue weighted by Gasteiger charge is -2.36. The van der Waals surface area contributed by atoms with Crippen LogP contribution in [-0.4, -0.2) is 118 Å². The maximum absolute atomic E-state index is 14.2. The Morgan fingerprint density at radius 1 is 1.07 bits per heavy atom. The predicted octanol–water partition coefficient (Wildman–Crippen LogP) is 2.20. The lowest BCUT2D eigenvalue weighted by molar-refractivity contribution is 0.0297. The van der Waals surface area contributed by atoms with Gasteiger partial charge in [-0.05, 0) is 50.4 Å². The summed E-state index contributed by atoms with van der Waals surface area (Å²) >= 11 is 0. The van der Waals surface area contributed by atoms with Gasteiger partial charge in [0.15, 0.2) is 15.5 Å². The number of carbonyl (C=O) groups excluding carboxylic acids is 1. The van der Waals surface area contributed by atoms with Crippen LogP contribution in [0.15, 0.2) is 23.1 Å². The number of ether oxygens (including phenoxy) is 2. The summed E-state index contributed by atoms with van der Waals surface area (Å²) in [6, 6.07) is 3.87. The zero-order valence-corrected chi connectivity index (χ0v) is 23.9. The standard InChI is InChI=1S/C28H38FN5O5S/c1-38-22-6-9-31(10-7-22)11-12-32-8-2-3-21(18-32)34-27-23-5-4-20(29)17-25(23)40(36,37)19-24(27)26(30-34)28(35)33-13-15-39-16-14-33/h4-5,17,21-22H,2-3,6-16,18-19H2,1H3. The Morgan fingerprint density at radius 3 is 2.58 bits per heavy atom. The molecule has 0 aliphatic carbocycles. The maximum atomic E-state index is 14.2. The van der Waals surface area contributed by atoms with Gasteiger partial charge in [0, 0.05) is 64.0 Å². The summed E-state index contributed by atoms with van der Waals surface area (Å²) < 4.78 is 53.6. The van der Waals surface area contributed by atoms with Crippen molar-refractivity contribution in [3.63, 3.8) is 0 Å². The highest BCUT2D eigenvalue weighted by Gasteiger charge is 2.39. The number of piperidine rings is 2. The Labute approximate surface area is 234 Å². The van der Waals surface area contributed by atoms with Crippen molar-refractivity contribution in [3.05, 3.63) is 35.3 Å². The summed E-state index contributed by atoms with van der Waals surface area (Å²) in [7, 11) is -2.05. The second-order valence-corrected chi connectivity index (χ2v) is 13.3. The molecule has 10 nitrogen and oxygen atoms in total. The van der Waals surface area contributed by atoms with Crippen molar-refractivity contribution in [2.24, 2.45) is 0 Å². The number of rotatable bonds is 6. The van der Waals surface area contributed by atoms with Crippen LogP contribution in [0.25, 0.3) is 11.3 Å². The van der Waals surface area contributed by atoms with E-state index in [0.29, 0.717) is 49.2 Å². The van der Waals surface area contributed by atoms with E-state index in [4.69, 9.17) is 14.6 Å². The highest BCUT2D eigenvalue weighted by molar-refractivity contribution is 7.90. The van der Waals surface area contributed by atoms with Crippen LogP contribution in [0.2, 0.25) is 0 Å². The first-order chi connectivity index (χ1) is 19.3. The zero-order valence-electron chi connectivity index (χ0n) is 23.1. The molecule has 4 aliphatic rings. The van der Waals surface area contributed by atoms with E-state index >= 15 is 0 Å². The number of hydrogen-bond acceptors (Lipinski definition) is 8. The van der Waals surface area contributed by atoms with Crippen molar-refractivity contribution >= 4 is 15.7 Å². The molecule has 1 aromatic carbocycles. The highest BCUT2D eigenvalue weighted by atomic mass is 32.2. The Kier molecular flexibility index (Phi) is 7.97. The molecule has 3 fully saturated rings. The van der Waals surface area contributed by atoms with Crippen LogP contribution in [0.5, 0.6) is 0 Å². The molecule has 4 aliphatic heterocycles.